The van der Waals surface area contributed by atoms with E-state index < -0.39 is 0 Å². The Hall–Kier alpha value is -4.62. The van der Waals surface area contributed by atoms with Crippen LogP contribution in [0.4, 0.5) is 0 Å². The van der Waals surface area contributed by atoms with Crippen LogP contribution in [0.25, 0.3) is 70.9 Å². The largest absolute Gasteiger partial charge is 0.309 e. The van der Waals surface area contributed by atoms with Crippen LogP contribution in [0.5, 0.6) is 0 Å². The lowest BCUT2D eigenvalue weighted by molar-refractivity contribution is 1.18. The molecule has 0 aliphatic rings. The summed E-state index contributed by atoms with van der Waals surface area (Å²) in [4.78, 5) is 0. The molecule has 35 heavy (non-hydrogen) atoms. The van der Waals surface area contributed by atoms with Crippen molar-refractivity contribution in [2.24, 2.45) is 0 Å². The van der Waals surface area contributed by atoms with Gasteiger partial charge in [-0.05, 0) is 67.7 Å². The molecule has 0 atom stereocenters. The standard InChI is InChI=1S/C34H21N/c1-2-9-26(10-3-1)35-31-12-5-4-11-28(31)29-19-17-25(21-32(29)35)27-18-15-24-14-13-22-7-6-8-23-16-20-30(27)34(24)33(22)23/h1-21H. The minimum atomic E-state index is 1.19. The molecule has 0 amide bonds. The number of para-hydroxylation sites is 2. The van der Waals surface area contributed by atoms with Crippen LogP contribution in [0.3, 0.4) is 0 Å². The zero-order valence-corrected chi connectivity index (χ0v) is 19.1. The molecule has 0 radical (unpaired) electrons. The fraction of sp³-hybridized carbons (Fsp3) is 0. The van der Waals surface area contributed by atoms with E-state index in [1.54, 1.807) is 0 Å². The first-order valence-corrected chi connectivity index (χ1v) is 12.1. The molecule has 1 heteroatoms. The van der Waals surface area contributed by atoms with E-state index in [0.29, 0.717) is 0 Å². The molecule has 8 aromatic rings. The molecule has 1 aromatic heterocycles. The van der Waals surface area contributed by atoms with Gasteiger partial charge in [-0.3, -0.25) is 0 Å². The van der Waals surface area contributed by atoms with Crippen molar-refractivity contribution >= 4 is 54.1 Å². The van der Waals surface area contributed by atoms with Crippen molar-refractivity contribution in [1.29, 1.82) is 0 Å². The number of aromatic nitrogens is 1. The smallest absolute Gasteiger partial charge is 0.0547 e. The summed E-state index contributed by atoms with van der Waals surface area (Å²) in [6.07, 6.45) is 0. The molecule has 0 saturated carbocycles. The molecule has 0 N–H and O–H groups in total. The Morgan fingerprint density at radius 1 is 0.400 bits per heavy atom. The maximum atomic E-state index is 2.39. The molecule has 1 nitrogen and oxygen atoms in total. The summed E-state index contributed by atoms with van der Waals surface area (Å²) in [5.74, 6) is 0. The predicted octanol–water partition coefficient (Wildman–Crippen LogP) is 9.35. The predicted molar refractivity (Wildman–Crippen MR) is 150 cm³/mol. The van der Waals surface area contributed by atoms with Crippen LogP contribution < -0.4 is 0 Å². The minimum absolute atomic E-state index is 1.19. The lowest BCUT2D eigenvalue weighted by Crippen LogP contribution is -1.93. The lowest BCUT2D eigenvalue weighted by atomic mass is 9.90. The number of hydrogen-bond donors (Lipinski definition) is 0. The van der Waals surface area contributed by atoms with Gasteiger partial charge in [0.15, 0.2) is 0 Å². The molecule has 0 saturated heterocycles. The van der Waals surface area contributed by atoms with Gasteiger partial charge in [-0.1, -0.05) is 103 Å². The lowest BCUT2D eigenvalue weighted by Gasteiger charge is -2.14. The van der Waals surface area contributed by atoms with Crippen molar-refractivity contribution in [3.8, 4) is 16.8 Å². The third-order valence-corrected chi connectivity index (χ3v) is 7.53. The Morgan fingerprint density at radius 3 is 1.91 bits per heavy atom. The third kappa shape index (κ3) is 2.58. The maximum Gasteiger partial charge on any atom is 0.0547 e. The number of fused-ring (bicyclic) bond motifs is 3. The number of rotatable bonds is 2. The van der Waals surface area contributed by atoms with Crippen LogP contribution in [0.15, 0.2) is 127 Å². The van der Waals surface area contributed by atoms with Crippen LogP contribution in [0.2, 0.25) is 0 Å². The molecular weight excluding hydrogens is 422 g/mol. The van der Waals surface area contributed by atoms with Gasteiger partial charge >= 0.3 is 0 Å². The van der Waals surface area contributed by atoms with Gasteiger partial charge in [-0.2, -0.15) is 0 Å². The van der Waals surface area contributed by atoms with Crippen LogP contribution in [0.1, 0.15) is 0 Å². The summed E-state index contributed by atoms with van der Waals surface area (Å²) in [5.41, 5.74) is 6.19. The molecule has 1 heterocycles. The summed E-state index contributed by atoms with van der Waals surface area (Å²) < 4.78 is 2.39. The number of nitrogens with zero attached hydrogens (tertiary/aromatic N) is 1. The first-order chi connectivity index (χ1) is 17.4. The molecule has 162 valence electrons. The molecule has 0 bridgehead atoms. The second kappa shape index (κ2) is 6.94. The highest BCUT2D eigenvalue weighted by atomic mass is 15.0. The molecule has 0 aliphatic heterocycles. The Bertz CT molecular complexity index is 2030. The molecule has 0 fully saturated rings. The normalized spacial score (nSPS) is 12.0. The summed E-state index contributed by atoms with van der Waals surface area (Å²) in [6.45, 7) is 0. The highest BCUT2D eigenvalue weighted by molar-refractivity contribution is 6.25. The van der Waals surface area contributed by atoms with E-state index in [4.69, 9.17) is 0 Å². The zero-order valence-electron chi connectivity index (χ0n) is 19.1. The van der Waals surface area contributed by atoms with Crippen LogP contribution in [-0.2, 0) is 0 Å². The van der Waals surface area contributed by atoms with Gasteiger partial charge in [-0.15, -0.1) is 0 Å². The molecule has 8 rings (SSSR count). The molecule has 0 unspecified atom stereocenters. The van der Waals surface area contributed by atoms with Gasteiger partial charge in [0.1, 0.15) is 0 Å². The average Bonchev–Trinajstić information content (AvgIpc) is 3.26. The van der Waals surface area contributed by atoms with E-state index in [2.05, 4.69) is 132 Å². The number of benzene rings is 7. The van der Waals surface area contributed by atoms with E-state index in [1.807, 2.05) is 0 Å². The number of hydrogen-bond acceptors (Lipinski definition) is 0. The van der Waals surface area contributed by atoms with Gasteiger partial charge < -0.3 is 4.57 Å². The van der Waals surface area contributed by atoms with Gasteiger partial charge in [-0.25, -0.2) is 0 Å². The summed E-state index contributed by atoms with van der Waals surface area (Å²) in [7, 11) is 0. The first kappa shape index (κ1) is 18.8. The minimum Gasteiger partial charge on any atom is -0.309 e. The second-order valence-electron chi connectivity index (χ2n) is 9.39. The topological polar surface area (TPSA) is 4.93 Å². The fourth-order valence-corrected chi connectivity index (χ4v) is 5.98. The van der Waals surface area contributed by atoms with E-state index in [-0.39, 0.29) is 0 Å². The summed E-state index contributed by atoms with van der Waals surface area (Å²) in [6, 6.07) is 46.6. The fourth-order valence-electron chi connectivity index (χ4n) is 5.98. The van der Waals surface area contributed by atoms with E-state index >= 15 is 0 Å². The van der Waals surface area contributed by atoms with Crippen molar-refractivity contribution in [1.82, 2.24) is 4.57 Å². The Kier molecular flexibility index (Phi) is 3.72. The van der Waals surface area contributed by atoms with Crippen molar-refractivity contribution < 1.29 is 0 Å². The average molecular weight is 444 g/mol. The Balaban J connectivity index is 1.47. The Labute approximate surface area is 202 Å². The van der Waals surface area contributed by atoms with Crippen molar-refractivity contribution in [3.63, 3.8) is 0 Å². The van der Waals surface area contributed by atoms with Gasteiger partial charge in [0.05, 0.1) is 11.0 Å². The third-order valence-electron chi connectivity index (χ3n) is 7.53. The maximum absolute atomic E-state index is 2.39. The van der Waals surface area contributed by atoms with Crippen LogP contribution in [-0.4, -0.2) is 4.57 Å². The summed E-state index contributed by atoms with van der Waals surface area (Å²) in [5, 5.41) is 10.5. The monoisotopic (exact) mass is 443 g/mol. The van der Waals surface area contributed by atoms with E-state index in [9.17, 15) is 0 Å². The highest BCUT2D eigenvalue weighted by Crippen LogP contribution is 2.41. The van der Waals surface area contributed by atoms with E-state index in [0.717, 1.165) is 0 Å². The zero-order chi connectivity index (χ0) is 22.9. The van der Waals surface area contributed by atoms with E-state index in [1.165, 1.54) is 70.9 Å². The molecule has 0 aliphatic carbocycles. The molecular formula is C34H21N. The van der Waals surface area contributed by atoms with Gasteiger partial charge in [0, 0.05) is 16.5 Å². The van der Waals surface area contributed by atoms with Crippen LogP contribution in [0, 0.1) is 0 Å². The van der Waals surface area contributed by atoms with Gasteiger partial charge in [0.25, 0.3) is 0 Å². The Morgan fingerprint density at radius 2 is 1.06 bits per heavy atom. The SMILES string of the molecule is c1ccc(-n2c3ccccc3c3ccc(-c4ccc5ccc6cccc7ccc4c5c67)cc32)cc1. The van der Waals surface area contributed by atoms with Gasteiger partial charge in [0.2, 0.25) is 0 Å². The molecule has 7 aromatic carbocycles. The quantitative estimate of drug-likeness (QED) is 0.235. The van der Waals surface area contributed by atoms with Crippen molar-refractivity contribution in [3.05, 3.63) is 127 Å². The van der Waals surface area contributed by atoms with Crippen molar-refractivity contribution in [2.75, 3.05) is 0 Å². The first-order valence-electron chi connectivity index (χ1n) is 12.1. The van der Waals surface area contributed by atoms with Crippen LogP contribution >= 0.6 is 0 Å². The molecule has 0 spiro atoms. The van der Waals surface area contributed by atoms with Crippen molar-refractivity contribution in [2.45, 2.75) is 0 Å². The summed E-state index contributed by atoms with van der Waals surface area (Å²) >= 11 is 0. The highest BCUT2D eigenvalue weighted by Gasteiger charge is 2.15. The second-order valence-corrected chi connectivity index (χ2v) is 9.39.